The molecule has 1 aliphatic rings. The van der Waals surface area contributed by atoms with Crippen molar-refractivity contribution in [1.82, 2.24) is 20.5 Å². The van der Waals surface area contributed by atoms with E-state index in [1.807, 2.05) is 17.5 Å². The number of nitrogens with one attached hydrogen (secondary N) is 2. The molecule has 1 unspecified atom stereocenters. The van der Waals surface area contributed by atoms with Gasteiger partial charge in [-0.1, -0.05) is 6.07 Å². The molecule has 3 rings (SSSR count). The number of nitrogens with zero attached hydrogens (tertiary/aromatic N) is 3. The highest BCUT2D eigenvalue weighted by Gasteiger charge is 2.23. The number of hydrogen-bond donors (Lipinski definition) is 2. The van der Waals surface area contributed by atoms with Crippen molar-refractivity contribution in [3.8, 4) is 0 Å². The van der Waals surface area contributed by atoms with E-state index in [1.54, 1.807) is 11.3 Å². The number of aryl methyl sites for hydroxylation is 1. The predicted octanol–water partition coefficient (Wildman–Crippen LogP) is 2.64. The van der Waals surface area contributed by atoms with Crippen LogP contribution in [-0.4, -0.2) is 55.2 Å². The molecule has 2 aromatic heterocycles. The molecule has 1 aliphatic heterocycles. The summed E-state index contributed by atoms with van der Waals surface area (Å²) in [6.45, 7) is 9.97. The van der Waals surface area contributed by atoms with Crippen LogP contribution in [0.15, 0.2) is 28.7 Å². The van der Waals surface area contributed by atoms with Gasteiger partial charge < -0.3 is 15.4 Å². The lowest BCUT2D eigenvalue weighted by Gasteiger charge is -2.34. The molecule has 8 heteroatoms. The molecule has 1 atom stereocenters. The molecule has 0 radical (unpaired) electrons. The largest absolute Gasteiger partial charge is 0.379 e. The van der Waals surface area contributed by atoms with Crippen molar-refractivity contribution in [3.05, 3.63) is 38.5 Å². The lowest BCUT2D eigenvalue weighted by atomic mass is 10.2. The first-order valence-corrected chi connectivity index (χ1v) is 10.7. The second kappa shape index (κ2) is 10.0. The van der Waals surface area contributed by atoms with Crippen molar-refractivity contribution in [3.63, 3.8) is 0 Å². The molecular formula is C18H27N5OS2. The van der Waals surface area contributed by atoms with E-state index < -0.39 is 0 Å². The van der Waals surface area contributed by atoms with Crippen LogP contribution in [0.2, 0.25) is 0 Å². The summed E-state index contributed by atoms with van der Waals surface area (Å²) in [7, 11) is 0. The molecule has 0 spiro atoms. The van der Waals surface area contributed by atoms with Crippen LogP contribution in [0, 0.1) is 6.92 Å². The van der Waals surface area contributed by atoms with E-state index >= 15 is 0 Å². The number of ether oxygens (including phenoxy) is 1. The fraction of sp³-hybridized carbons (Fsp3) is 0.556. The SMILES string of the molecule is CCNC(=NCc1ncc(C)s1)NCC(c1cccs1)N1CCOCC1. The van der Waals surface area contributed by atoms with Gasteiger partial charge in [0.05, 0.1) is 25.8 Å². The van der Waals surface area contributed by atoms with Crippen LogP contribution in [-0.2, 0) is 11.3 Å². The maximum atomic E-state index is 5.52. The quantitative estimate of drug-likeness (QED) is 0.559. The van der Waals surface area contributed by atoms with Crippen molar-refractivity contribution < 1.29 is 4.74 Å². The van der Waals surface area contributed by atoms with Crippen molar-refractivity contribution >= 4 is 28.6 Å². The van der Waals surface area contributed by atoms with Gasteiger partial charge in [0.1, 0.15) is 5.01 Å². The topological polar surface area (TPSA) is 61.8 Å². The molecule has 1 fully saturated rings. The van der Waals surface area contributed by atoms with Crippen LogP contribution in [0.3, 0.4) is 0 Å². The highest BCUT2D eigenvalue weighted by molar-refractivity contribution is 7.11. The van der Waals surface area contributed by atoms with Gasteiger partial charge in [-0.3, -0.25) is 4.90 Å². The number of thiophene rings is 1. The fourth-order valence-electron chi connectivity index (χ4n) is 2.94. The Morgan fingerprint density at radius 2 is 2.23 bits per heavy atom. The number of aromatic nitrogens is 1. The van der Waals surface area contributed by atoms with Gasteiger partial charge in [0.15, 0.2) is 5.96 Å². The summed E-state index contributed by atoms with van der Waals surface area (Å²) in [5.74, 6) is 0.843. The van der Waals surface area contributed by atoms with E-state index in [9.17, 15) is 0 Å². The van der Waals surface area contributed by atoms with Crippen LogP contribution in [0.25, 0.3) is 0 Å². The van der Waals surface area contributed by atoms with E-state index in [0.717, 1.165) is 50.4 Å². The third-order valence-electron chi connectivity index (χ3n) is 4.21. The fourth-order valence-corrected chi connectivity index (χ4v) is 4.51. The molecule has 1 saturated heterocycles. The number of rotatable bonds is 7. The predicted molar refractivity (Wildman–Crippen MR) is 109 cm³/mol. The smallest absolute Gasteiger partial charge is 0.191 e. The van der Waals surface area contributed by atoms with Crippen molar-refractivity contribution in [2.45, 2.75) is 26.4 Å². The molecular weight excluding hydrogens is 366 g/mol. The number of guanidine groups is 1. The van der Waals surface area contributed by atoms with Gasteiger partial charge in [-0.05, 0) is 25.3 Å². The van der Waals surface area contributed by atoms with Crippen molar-refractivity contribution in [1.29, 1.82) is 0 Å². The zero-order valence-corrected chi connectivity index (χ0v) is 17.0. The molecule has 6 nitrogen and oxygen atoms in total. The summed E-state index contributed by atoms with van der Waals surface area (Å²) < 4.78 is 5.52. The van der Waals surface area contributed by atoms with Gasteiger partial charge in [0, 0.05) is 42.1 Å². The molecule has 2 N–H and O–H groups in total. The Morgan fingerprint density at radius 3 is 2.88 bits per heavy atom. The lowest BCUT2D eigenvalue weighted by molar-refractivity contribution is 0.0177. The second-order valence-electron chi connectivity index (χ2n) is 6.12. The summed E-state index contributed by atoms with van der Waals surface area (Å²) >= 11 is 3.51. The molecule has 0 aliphatic carbocycles. The first-order valence-electron chi connectivity index (χ1n) is 9.05. The Labute approximate surface area is 163 Å². The van der Waals surface area contributed by atoms with Crippen molar-refractivity contribution in [2.24, 2.45) is 4.99 Å². The third kappa shape index (κ3) is 5.51. The standard InChI is InChI=1S/C18H27N5OS2/c1-3-19-18(22-13-17-20-11-14(2)26-17)21-12-15(16-5-4-10-25-16)23-6-8-24-9-7-23/h4-5,10-11,15H,3,6-9,12-13H2,1-2H3,(H2,19,21,22). The maximum absolute atomic E-state index is 5.52. The number of hydrogen-bond acceptors (Lipinski definition) is 6. The van der Waals surface area contributed by atoms with E-state index in [0.29, 0.717) is 12.6 Å². The average Bonchev–Trinajstić information content (AvgIpc) is 3.33. The molecule has 0 aromatic carbocycles. The highest BCUT2D eigenvalue weighted by Crippen LogP contribution is 2.25. The van der Waals surface area contributed by atoms with Crippen LogP contribution >= 0.6 is 22.7 Å². The monoisotopic (exact) mass is 393 g/mol. The minimum absolute atomic E-state index is 0.338. The Morgan fingerprint density at radius 1 is 1.38 bits per heavy atom. The molecule has 26 heavy (non-hydrogen) atoms. The Bertz CT molecular complexity index is 680. The summed E-state index contributed by atoms with van der Waals surface area (Å²) in [5.41, 5.74) is 0. The van der Waals surface area contributed by atoms with E-state index in [-0.39, 0.29) is 0 Å². The van der Waals surface area contributed by atoms with Crippen LogP contribution < -0.4 is 10.6 Å². The zero-order valence-electron chi connectivity index (χ0n) is 15.4. The van der Waals surface area contributed by atoms with Gasteiger partial charge in [-0.15, -0.1) is 22.7 Å². The normalized spacial score (nSPS) is 17.2. The Kier molecular flexibility index (Phi) is 7.43. The number of aliphatic imine (C=N–C) groups is 1. The molecule has 0 amide bonds. The number of morpholine rings is 1. The second-order valence-corrected chi connectivity index (χ2v) is 8.42. The highest BCUT2D eigenvalue weighted by atomic mass is 32.1. The Hall–Kier alpha value is -1.48. The van der Waals surface area contributed by atoms with E-state index in [2.05, 4.69) is 51.9 Å². The zero-order chi connectivity index (χ0) is 18.2. The first kappa shape index (κ1) is 19.3. The summed E-state index contributed by atoms with van der Waals surface area (Å²) in [6, 6.07) is 4.68. The number of thiazole rings is 1. The lowest BCUT2D eigenvalue weighted by Crippen LogP contribution is -2.46. The summed E-state index contributed by atoms with van der Waals surface area (Å²) in [4.78, 5) is 14.2. The van der Waals surface area contributed by atoms with Gasteiger partial charge in [0.25, 0.3) is 0 Å². The maximum Gasteiger partial charge on any atom is 0.191 e. The van der Waals surface area contributed by atoms with E-state index in [1.165, 1.54) is 9.75 Å². The molecule has 0 bridgehead atoms. The summed E-state index contributed by atoms with van der Waals surface area (Å²) in [6.07, 6.45) is 1.90. The van der Waals surface area contributed by atoms with Gasteiger partial charge >= 0.3 is 0 Å². The van der Waals surface area contributed by atoms with Gasteiger partial charge in [-0.2, -0.15) is 0 Å². The molecule has 0 saturated carbocycles. The van der Waals surface area contributed by atoms with Crippen molar-refractivity contribution in [2.75, 3.05) is 39.4 Å². The summed E-state index contributed by atoms with van der Waals surface area (Å²) in [5, 5.41) is 10.1. The first-order chi connectivity index (χ1) is 12.8. The molecule has 2 aromatic rings. The van der Waals surface area contributed by atoms with Crippen LogP contribution in [0.5, 0.6) is 0 Å². The molecule has 3 heterocycles. The minimum atomic E-state index is 0.338. The van der Waals surface area contributed by atoms with Crippen LogP contribution in [0.1, 0.15) is 27.7 Å². The Balaban J connectivity index is 1.64. The molecule has 142 valence electrons. The van der Waals surface area contributed by atoms with E-state index in [4.69, 9.17) is 9.73 Å². The van der Waals surface area contributed by atoms with Crippen LogP contribution in [0.4, 0.5) is 0 Å². The van der Waals surface area contributed by atoms with Gasteiger partial charge in [0.2, 0.25) is 0 Å². The third-order valence-corrected chi connectivity index (χ3v) is 6.08. The van der Waals surface area contributed by atoms with Gasteiger partial charge in [-0.25, -0.2) is 9.98 Å². The minimum Gasteiger partial charge on any atom is -0.379 e. The average molecular weight is 394 g/mol.